The van der Waals surface area contributed by atoms with Crippen LogP contribution in [0.25, 0.3) is 6.08 Å². The van der Waals surface area contributed by atoms with Crippen LogP contribution in [0, 0.1) is 17.0 Å². The first-order valence-electron chi connectivity index (χ1n) is 10.7. The summed E-state index contributed by atoms with van der Waals surface area (Å²) in [6.45, 7) is 1.77. The summed E-state index contributed by atoms with van der Waals surface area (Å²) in [4.78, 5) is 48.9. The molecule has 2 aromatic carbocycles. The third-order valence-electron chi connectivity index (χ3n) is 5.35. The number of nitrogens with zero attached hydrogens (tertiary/aromatic N) is 2. The van der Waals surface area contributed by atoms with Crippen LogP contribution >= 0.6 is 0 Å². The van der Waals surface area contributed by atoms with Gasteiger partial charge in [0.05, 0.1) is 18.6 Å². The lowest BCUT2D eigenvalue weighted by molar-refractivity contribution is -0.386. The zero-order valence-corrected chi connectivity index (χ0v) is 19.3. The highest BCUT2D eigenvalue weighted by molar-refractivity contribution is 6.14. The Bertz CT molecular complexity index is 1370. The van der Waals surface area contributed by atoms with E-state index in [9.17, 15) is 24.5 Å². The maximum absolute atomic E-state index is 12.9. The molecule has 11 nitrogen and oxygen atoms in total. The molecule has 4 rings (SSSR count). The SMILES string of the molecule is COC(=O)c1ccc(CN2C(=O)NC(=Cc3cccc([N+](=O)[O-])c3OCc3ccc(C)cc3)C2=O)o1. The van der Waals surface area contributed by atoms with Gasteiger partial charge < -0.3 is 19.2 Å². The Kier molecular flexibility index (Phi) is 6.81. The number of nitro benzene ring substituents is 1. The third kappa shape index (κ3) is 5.09. The van der Waals surface area contributed by atoms with Gasteiger partial charge in [0.15, 0.2) is 0 Å². The molecular weight excluding hydrogens is 470 g/mol. The number of esters is 1. The van der Waals surface area contributed by atoms with Crippen molar-refractivity contribution in [1.82, 2.24) is 10.2 Å². The lowest BCUT2D eigenvalue weighted by Crippen LogP contribution is -2.30. The number of amides is 3. The van der Waals surface area contributed by atoms with Crippen molar-refractivity contribution in [2.75, 3.05) is 7.11 Å². The molecular formula is C25H21N3O8. The van der Waals surface area contributed by atoms with Crippen molar-refractivity contribution in [3.05, 3.63) is 98.6 Å². The lowest BCUT2D eigenvalue weighted by atomic mass is 10.1. The minimum absolute atomic E-state index is 0.0372. The molecule has 1 fully saturated rings. The summed E-state index contributed by atoms with van der Waals surface area (Å²) in [5.41, 5.74) is 1.73. The number of hydrogen-bond donors (Lipinski definition) is 1. The Hall–Kier alpha value is -4.93. The molecule has 0 bridgehead atoms. The lowest BCUT2D eigenvalue weighted by Gasteiger charge is -2.11. The van der Waals surface area contributed by atoms with Gasteiger partial charge in [-0.05, 0) is 30.7 Å². The molecule has 3 aromatic rings. The zero-order valence-electron chi connectivity index (χ0n) is 19.3. The molecule has 3 amide bonds. The van der Waals surface area contributed by atoms with Crippen LogP contribution in [-0.2, 0) is 22.7 Å². The Morgan fingerprint density at radius 1 is 1.14 bits per heavy atom. The number of urea groups is 1. The Labute approximate surface area is 205 Å². The number of aryl methyl sites for hydroxylation is 1. The molecule has 0 unspecified atom stereocenters. The number of para-hydroxylation sites is 1. The predicted molar refractivity (Wildman–Crippen MR) is 126 cm³/mol. The highest BCUT2D eigenvalue weighted by Gasteiger charge is 2.35. The molecule has 36 heavy (non-hydrogen) atoms. The quantitative estimate of drug-likeness (QED) is 0.164. The smallest absolute Gasteiger partial charge is 0.373 e. The summed E-state index contributed by atoms with van der Waals surface area (Å²) in [6.07, 6.45) is 1.32. The summed E-state index contributed by atoms with van der Waals surface area (Å²) >= 11 is 0. The Morgan fingerprint density at radius 2 is 1.89 bits per heavy atom. The molecule has 0 spiro atoms. The second kappa shape index (κ2) is 10.1. The molecule has 0 saturated carbocycles. The maximum atomic E-state index is 12.9. The van der Waals surface area contributed by atoms with Crippen LogP contribution in [0.1, 0.15) is 33.0 Å². The topological polar surface area (TPSA) is 141 Å². The van der Waals surface area contributed by atoms with Crippen molar-refractivity contribution >= 4 is 29.7 Å². The number of nitro groups is 1. The van der Waals surface area contributed by atoms with Gasteiger partial charge in [-0.3, -0.25) is 19.8 Å². The van der Waals surface area contributed by atoms with Crippen LogP contribution < -0.4 is 10.1 Å². The number of ether oxygens (including phenoxy) is 2. The van der Waals surface area contributed by atoms with Crippen molar-refractivity contribution in [2.24, 2.45) is 0 Å². The van der Waals surface area contributed by atoms with E-state index in [-0.39, 0.29) is 47.4 Å². The second-order valence-electron chi connectivity index (χ2n) is 7.86. The first kappa shape index (κ1) is 24.2. The fourth-order valence-electron chi connectivity index (χ4n) is 3.50. The number of methoxy groups -OCH3 is 1. The highest BCUT2D eigenvalue weighted by atomic mass is 16.6. The van der Waals surface area contributed by atoms with Crippen molar-refractivity contribution in [3.8, 4) is 5.75 Å². The molecule has 1 aromatic heterocycles. The van der Waals surface area contributed by atoms with E-state index in [1.54, 1.807) is 6.07 Å². The zero-order chi connectivity index (χ0) is 25.8. The van der Waals surface area contributed by atoms with E-state index in [0.29, 0.717) is 0 Å². The van der Waals surface area contributed by atoms with Crippen molar-refractivity contribution in [1.29, 1.82) is 0 Å². The average Bonchev–Trinajstić information content (AvgIpc) is 3.44. The second-order valence-corrected chi connectivity index (χ2v) is 7.86. The predicted octanol–water partition coefficient (Wildman–Crippen LogP) is 3.95. The number of carbonyl (C=O) groups excluding carboxylic acids is 3. The first-order chi connectivity index (χ1) is 17.3. The number of furan rings is 1. The number of imide groups is 1. The molecule has 184 valence electrons. The largest absolute Gasteiger partial charge is 0.482 e. The van der Waals surface area contributed by atoms with E-state index in [4.69, 9.17) is 9.15 Å². The van der Waals surface area contributed by atoms with Crippen LogP contribution in [0.2, 0.25) is 0 Å². The molecule has 0 aliphatic carbocycles. The van der Waals surface area contributed by atoms with Gasteiger partial charge in [-0.15, -0.1) is 0 Å². The van der Waals surface area contributed by atoms with Crippen LogP contribution in [0.15, 0.2) is 64.7 Å². The van der Waals surface area contributed by atoms with Crippen molar-refractivity contribution in [2.45, 2.75) is 20.1 Å². The van der Waals surface area contributed by atoms with E-state index >= 15 is 0 Å². The minimum Gasteiger partial charge on any atom is -0.482 e. The molecule has 1 aliphatic heterocycles. The normalized spacial score (nSPS) is 14.2. The fourth-order valence-corrected chi connectivity index (χ4v) is 3.50. The van der Waals surface area contributed by atoms with Crippen molar-refractivity contribution in [3.63, 3.8) is 0 Å². The van der Waals surface area contributed by atoms with Crippen molar-refractivity contribution < 1.29 is 33.2 Å². The maximum Gasteiger partial charge on any atom is 0.373 e. The summed E-state index contributed by atoms with van der Waals surface area (Å²) < 4.78 is 15.7. The van der Waals surface area contributed by atoms with Crippen LogP contribution in [-0.4, -0.2) is 34.8 Å². The summed E-state index contributed by atoms with van der Waals surface area (Å²) in [5.74, 6) is -1.28. The number of carbonyl (C=O) groups is 3. The van der Waals surface area contributed by atoms with Gasteiger partial charge in [0.25, 0.3) is 5.91 Å². The summed E-state index contributed by atoms with van der Waals surface area (Å²) in [6, 6.07) is 13.9. The van der Waals surface area contributed by atoms with E-state index < -0.39 is 22.8 Å². The molecule has 11 heteroatoms. The fraction of sp³-hybridized carbons (Fsp3) is 0.160. The Morgan fingerprint density at radius 3 is 2.58 bits per heavy atom. The minimum atomic E-state index is -0.713. The van der Waals surface area contributed by atoms with E-state index in [2.05, 4.69) is 10.1 Å². The average molecular weight is 491 g/mol. The van der Waals surface area contributed by atoms with Gasteiger partial charge in [-0.25, -0.2) is 9.59 Å². The molecule has 1 aliphatic rings. The molecule has 0 radical (unpaired) electrons. The number of nitrogens with one attached hydrogen (secondary N) is 1. The molecule has 0 atom stereocenters. The van der Waals surface area contributed by atoms with Gasteiger partial charge in [0.2, 0.25) is 11.5 Å². The monoisotopic (exact) mass is 491 g/mol. The van der Waals surface area contributed by atoms with Gasteiger partial charge in [-0.2, -0.15) is 0 Å². The summed E-state index contributed by atoms with van der Waals surface area (Å²) in [5, 5.41) is 14.1. The van der Waals surface area contributed by atoms with E-state index in [0.717, 1.165) is 16.0 Å². The molecule has 1 N–H and O–H groups in total. The van der Waals surface area contributed by atoms with Crippen LogP contribution in [0.4, 0.5) is 10.5 Å². The van der Waals surface area contributed by atoms with Crippen LogP contribution in [0.5, 0.6) is 5.75 Å². The molecule has 2 heterocycles. The van der Waals surface area contributed by atoms with Gasteiger partial charge in [0.1, 0.15) is 18.1 Å². The number of benzene rings is 2. The number of hydrogen-bond acceptors (Lipinski definition) is 8. The van der Waals surface area contributed by atoms with Gasteiger partial charge in [-0.1, -0.05) is 42.0 Å². The molecule has 1 saturated heterocycles. The first-order valence-corrected chi connectivity index (χ1v) is 10.7. The third-order valence-corrected chi connectivity index (χ3v) is 5.35. The van der Waals surface area contributed by atoms with Gasteiger partial charge >= 0.3 is 17.7 Å². The van der Waals surface area contributed by atoms with Gasteiger partial charge in [0, 0.05) is 11.6 Å². The highest BCUT2D eigenvalue weighted by Crippen LogP contribution is 2.33. The van der Waals surface area contributed by atoms with E-state index in [1.165, 1.54) is 37.5 Å². The number of rotatable bonds is 8. The standard InChI is InChI=1S/C25H21N3O8/c1-15-6-8-16(9-7-15)14-35-22-17(4-3-5-20(22)28(32)33)12-19-23(29)27(25(31)26-19)13-18-10-11-21(36-18)24(30)34-2/h3-12H,13-14H2,1-2H3,(H,26,31). The summed E-state index contributed by atoms with van der Waals surface area (Å²) in [7, 11) is 1.20. The Balaban J connectivity index is 1.58. The van der Waals surface area contributed by atoms with Crippen LogP contribution in [0.3, 0.4) is 0 Å². The van der Waals surface area contributed by atoms with E-state index in [1.807, 2.05) is 31.2 Å².